The number of nitrogens with zero attached hydrogens (tertiary/aromatic N) is 3. The molecule has 1 rings (SSSR count). The Kier molecular flexibility index (Phi) is 4.31. The van der Waals surface area contributed by atoms with Crippen molar-refractivity contribution in [1.82, 2.24) is 0 Å². The molecular weight excluding hydrogens is 272 g/mol. The first kappa shape index (κ1) is 12.0. The smallest absolute Gasteiger partial charge is 0.237 e. The zero-order valence-electron chi connectivity index (χ0n) is 8.36. The Labute approximate surface area is 101 Å². The maximum absolute atomic E-state index is 8.47. The van der Waals surface area contributed by atoms with E-state index in [0.29, 0.717) is 11.4 Å². The molecule has 80 valence electrons. The second-order valence-corrected chi connectivity index (χ2v) is 3.50. The highest BCUT2D eigenvalue weighted by molar-refractivity contribution is 9.10. The van der Waals surface area contributed by atoms with Gasteiger partial charge in [-0.2, -0.15) is 15.6 Å². The number of nitrogens with one attached hydrogen (secondary N) is 1. The lowest BCUT2D eigenvalue weighted by atomic mass is 10.3. The summed E-state index contributed by atoms with van der Waals surface area (Å²) < 4.78 is 5.81. The Bertz CT molecular complexity index is 483. The van der Waals surface area contributed by atoms with E-state index in [9.17, 15) is 0 Å². The van der Waals surface area contributed by atoms with Crippen LogP contribution in [-0.4, -0.2) is 12.8 Å². The largest absolute Gasteiger partial charge is 0.496 e. The van der Waals surface area contributed by atoms with Gasteiger partial charge < -0.3 is 4.74 Å². The Balaban J connectivity index is 2.85. The van der Waals surface area contributed by atoms with Gasteiger partial charge in [-0.05, 0) is 34.1 Å². The van der Waals surface area contributed by atoms with Crippen molar-refractivity contribution in [2.45, 2.75) is 0 Å². The van der Waals surface area contributed by atoms with Crippen LogP contribution in [0, 0.1) is 22.7 Å². The van der Waals surface area contributed by atoms with Crippen LogP contribution in [0.5, 0.6) is 5.75 Å². The Morgan fingerprint density at radius 2 is 2.12 bits per heavy atom. The zero-order valence-corrected chi connectivity index (χ0v) is 9.95. The number of ether oxygens (including phenoxy) is 1. The minimum absolute atomic E-state index is 0.230. The molecule has 0 aliphatic heterocycles. The first-order valence-electron chi connectivity index (χ1n) is 4.18. The van der Waals surface area contributed by atoms with E-state index in [-0.39, 0.29) is 5.71 Å². The Hall–Kier alpha value is -2.05. The highest BCUT2D eigenvalue weighted by Gasteiger charge is 2.00. The molecule has 1 aromatic rings. The van der Waals surface area contributed by atoms with Gasteiger partial charge in [0.25, 0.3) is 0 Å². The number of anilines is 1. The van der Waals surface area contributed by atoms with Gasteiger partial charge in [-0.1, -0.05) is 0 Å². The molecule has 0 amide bonds. The molecule has 0 spiro atoms. The molecule has 0 saturated heterocycles. The average molecular weight is 279 g/mol. The first-order chi connectivity index (χ1) is 7.71. The second kappa shape index (κ2) is 5.74. The molecule has 0 aromatic heterocycles. The number of rotatable bonds is 3. The highest BCUT2D eigenvalue weighted by atomic mass is 79.9. The van der Waals surface area contributed by atoms with E-state index >= 15 is 0 Å². The summed E-state index contributed by atoms with van der Waals surface area (Å²) in [7, 11) is 1.56. The minimum Gasteiger partial charge on any atom is -0.496 e. The van der Waals surface area contributed by atoms with E-state index < -0.39 is 0 Å². The number of benzene rings is 1. The fourth-order valence-corrected chi connectivity index (χ4v) is 1.47. The molecule has 0 fully saturated rings. The van der Waals surface area contributed by atoms with Gasteiger partial charge in [-0.15, -0.1) is 0 Å². The van der Waals surface area contributed by atoms with Gasteiger partial charge in [0.2, 0.25) is 5.71 Å². The molecule has 0 radical (unpaired) electrons. The molecule has 1 aromatic carbocycles. The van der Waals surface area contributed by atoms with Crippen molar-refractivity contribution in [1.29, 1.82) is 10.5 Å². The molecule has 0 unspecified atom stereocenters. The summed E-state index contributed by atoms with van der Waals surface area (Å²) in [5.74, 6) is 0.690. The lowest BCUT2D eigenvalue weighted by molar-refractivity contribution is 0.412. The Morgan fingerprint density at radius 1 is 1.44 bits per heavy atom. The van der Waals surface area contributed by atoms with Gasteiger partial charge in [0.15, 0.2) is 0 Å². The molecule has 5 nitrogen and oxygen atoms in total. The molecule has 0 saturated carbocycles. The summed E-state index contributed by atoms with van der Waals surface area (Å²) >= 11 is 3.30. The monoisotopic (exact) mass is 278 g/mol. The number of methoxy groups -OCH3 is 1. The topological polar surface area (TPSA) is 81.2 Å². The van der Waals surface area contributed by atoms with Gasteiger partial charge >= 0.3 is 0 Å². The summed E-state index contributed by atoms with van der Waals surface area (Å²) in [5.41, 5.74) is 3.02. The molecule has 0 bridgehead atoms. The molecule has 6 heteroatoms. The van der Waals surface area contributed by atoms with Crippen LogP contribution in [0.4, 0.5) is 5.69 Å². The fourth-order valence-electron chi connectivity index (χ4n) is 0.931. The minimum atomic E-state index is -0.230. The van der Waals surface area contributed by atoms with Crippen LogP contribution >= 0.6 is 15.9 Å². The predicted octanol–water partition coefficient (Wildman–Crippen LogP) is 2.27. The fraction of sp³-hybridized carbons (Fsp3) is 0.100. The van der Waals surface area contributed by atoms with Crippen LogP contribution in [0.15, 0.2) is 27.8 Å². The van der Waals surface area contributed by atoms with Gasteiger partial charge in [0.1, 0.15) is 17.9 Å². The summed E-state index contributed by atoms with van der Waals surface area (Å²) in [6, 6.07) is 8.49. The van der Waals surface area contributed by atoms with E-state index in [0.717, 1.165) is 4.47 Å². The van der Waals surface area contributed by atoms with E-state index in [1.807, 2.05) is 0 Å². The van der Waals surface area contributed by atoms with Gasteiger partial charge in [0.05, 0.1) is 17.3 Å². The Morgan fingerprint density at radius 3 is 2.62 bits per heavy atom. The third-order valence-corrected chi connectivity index (χ3v) is 2.28. The summed E-state index contributed by atoms with van der Waals surface area (Å²) in [6.07, 6.45) is 0. The number of hydrogen-bond donors (Lipinski definition) is 1. The van der Waals surface area contributed by atoms with E-state index in [1.54, 1.807) is 37.4 Å². The number of nitriles is 2. The van der Waals surface area contributed by atoms with Crippen LogP contribution in [0.1, 0.15) is 0 Å². The predicted molar refractivity (Wildman–Crippen MR) is 63.0 cm³/mol. The van der Waals surface area contributed by atoms with Crippen LogP contribution in [-0.2, 0) is 0 Å². The van der Waals surface area contributed by atoms with Crippen LogP contribution in [0.3, 0.4) is 0 Å². The van der Waals surface area contributed by atoms with Gasteiger partial charge in [-0.25, -0.2) is 0 Å². The summed E-state index contributed by atoms with van der Waals surface area (Å²) in [6.45, 7) is 0. The molecule has 0 heterocycles. The van der Waals surface area contributed by atoms with Crippen molar-refractivity contribution >= 4 is 27.3 Å². The van der Waals surface area contributed by atoms with Gasteiger partial charge in [0, 0.05) is 0 Å². The van der Waals surface area contributed by atoms with E-state index in [1.165, 1.54) is 0 Å². The normalized spacial score (nSPS) is 8.50. The number of halogens is 1. The lowest BCUT2D eigenvalue weighted by Crippen LogP contribution is -1.96. The van der Waals surface area contributed by atoms with Crippen molar-refractivity contribution in [2.75, 3.05) is 12.5 Å². The molecule has 1 N–H and O–H groups in total. The first-order valence-corrected chi connectivity index (χ1v) is 4.98. The van der Waals surface area contributed by atoms with Crippen molar-refractivity contribution < 1.29 is 4.74 Å². The highest BCUT2D eigenvalue weighted by Crippen LogP contribution is 2.27. The quantitative estimate of drug-likeness (QED) is 0.679. The van der Waals surface area contributed by atoms with E-state index in [4.69, 9.17) is 15.3 Å². The third-order valence-electron chi connectivity index (χ3n) is 1.66. The lowest BCUT2D eigenvalue weighted by Gasteiger charge is -2.05. The number of hydrazone groups is 1. The van der Waals surface area contributed by atoms with Crippen LogP contribution in [0.2, 0.25) is 0 Å². The molecule has 0 aliphatic rings. The zero-order chi connectivity index (χ0) is 12.0. The summed E-state index contributed by atoms with van der Waals surface area (Å²) in [4.78, 5) is 0. The van der Waals surface area contributed by atoms with Gasteiger partial charge in [-0.3, -0.25) is 5.43 Å². The van der Waals surface area contributed by atoms with Crippen molar-refractivity contribution in [3.05, 3.63) is 22.7 Å². The van der Waals surface area contributed by atoms with Crippen molar-refractivity contribution in [3.8, 4) is 17.9 Å². The van der Waals surface area contributed by atoms with Crippen LogP contribution < -0.4 is 10.2 Å². The van der Waals surface area contributed by atoms with Crippen molar-refractivity contribution in [3.63, 3.8) is 0 Å². The number of hydrogen-bond acceptors (Lipinski definition) is 5. The molecule has 16 heavy (non-hydrogen) atoms. The standard InChI is InChI=1S/C10H7BrN4O/c1-16-10-3-2-7(4-9(10)11)14-15-8(5-12)6-13/h2-4,14H,1H3. The average Bonchev–Trinajstić information content (AvgIpc) is 2.30. The SMILES string of the molecule is COc1ccc(NN=C(C#N)C#N)cc1Br. The second-order valence-electron chi connectivity index (χ2n) is 2.65. The van der Waals surface area contributed by atoms with Crippen molar-refractivity contribution in [2.24, 2.45) is 5.10 Å². The maximum atomic E-state index is 8.47. The maximum Gasteiger partial charge on any atom is 0.237 e. The molecule has 0 atom stereocenters. The van der Waals surface area contributed by atoms with Crippen LogP contribution in [0.25, 0.3) is 0 Å². The summed E-state index contributed by atoms with van der Waals surface area (Å²) in [5, 5.41) is 20.5. The molecule has 0 aliphatic carbocycles. The van der Waals surface area contributed by atoms with E-state index in [2.05, 4.69) is 26.5 Å². The third kappa shape index (κ3) is 2.97. The molecular formula is C10H7BrN4O.